The summed E-state index contributed by atoms with van der Waals surface area (Å²) in [5.41, 5.74) is 4.39. The molecular formula is C14H24N2O6. The third-order valence-corrected chi connectivity index (χ3v) is 3.62. The molecule has 1 aliphatic rings. The first-order valence-electron chi connectivity index (χ1n) is 7.19. The summed E-state index contributed by atoms with van der Waals surface area (Å²) in [4.78, 5) is 22.5. The van der Waals surface area contributed by atoms with Crippen molar-refractivity contribution in [3.63, 3.8) is 0 Å². The molecule has 0 amide bonds. The van der Waals surface area contributed by atoms with E-state index in [2.05, 4.69) is 5.32 Å². The van der Waals surface area contributed by atoms with Gasteiger partial charge in [-0.1, -0.05) is 0 Å². The molecule has 0 heterocycles. The number of rotatable bonds is 9. The molecule has 1 aliphatic carbocycles. The highest BCUT2D eigenvalue weighted by molar-refractivity contribution is 5.95. The predicted octanol–water partition coefficient (Wildman–Crippen LogP) is -0.897. The van der Waals surface area contributed by atoms with Gasteiger partial charge in [-0.25, -0.2) is 0 Å². The summed E-state index contributed by atoms with van der Waals surface area (Å²) >= 11 is 0. The van der Waals surface area contributed by atoms with Crippen LogP contribution in [-0.2, 0) is 14.3 Å². The van der Waals surface area contributed by atoms with Gasteiger partial charge in [0.1, 0.15) is 11.6 Å². The normalized spacial score (nSPS) is 23.4. The van der Waals surface area contributed by atoms with E-state index in [0.29, 0.717) is 31.5 Å². The van der Waals surface area contributed by atoms with E-state index in [9.17, 15) is 19.8 Å². The quantitative estimate of drug-likeness (QED) is 0.345. The molecule has 0 fully saturated rings. The molecule has 0 saturated heterocycles. The lowest BCUT2D eigenvalue weighted by Crippen LogP contribution is -2.43. The van der Waals surface area contributed by atoms with Crippen molar-refractivity contribution in [1.29, 1.82) is 0 Å². The fraction of sp³-hybridized carbons (Fsp3) is 0.714. The van der Waals surface area contributed by atoms with Crippen molar-refractivity contribution in [1.82, 2.24) is 5.32 Å². The van der Waals surface area contributed by atoms with Gasteiger partial charge in [-0.05, 0) is 19.3 Å². The number of allylic oxidation sites excluding steroid dienone is 1. The summed E-state index contributed by atoms with van der Waals surface area (Å²) < 4.78 is 5.06. The molecule has 0 saturated carbocycles. The van der Waals surface area contributed by atoms with Crippen molar-refractivity contribution in [2.75, 3.05) is 20.3 Å². The van der Waals surface area contributed by atoms with Crippen LogP contribution in [0.15, 0.2) is 11.5 Å². The average molecular weight is 316 g/mol. The Morgan fingerprint density at radius 2 is 2.14 bits per heavy atom. The van der Waals surface area contributed by atoms with Crippen LogP contribution in [0.1, 0.15) is 32.1 Å². The predicted molar refractivity (Wildman–Crippen MR) is 77.8 cm³/mol. The van der Waals surface area contributed by atoms with E-state index in [1.54, 1.807) is 0 Å². The maximum Gasteiger partial charge on any atom is 0.320 e. The van der Waals surface area contributed by atoms with Gasteiger partial charge in [0.2, 0.25) is 5.78 Å². The van der Waals surface area contributed by atoms with Crippen molar-refractivity contribution in [2.45, 2.75) is 43.7 Å². The number of nitrogens with two attached hydrogens (primary N) is 1. The average Bonchev–Trinajstić information content (AvgIpc) is 2.46. The summed E-state index contributed by atoms with van der Waals surface area (Å²) in [6.45, 7) is -0.0162. The number of carbonyl (C=O) groups excluding carboxylic acids is 1. The van der Waals surface area contributed by atoms with E-state index >= 15 is 0 Å². The van der Waals surface area contributed by atoms with Crippen LogP contribution in [0.2, 0.25) is 0 Å². The SMILES string of the molecule is COC1=C(NCCCC[C@H](N)C(=O)O)C[C@@](O)(CO)CC1=O. The van der Waals surface area contributed by atoms with Crippen LogP contribution in [0.4, 0.5) is 0 Å². The van der Waals surface area contributed by atoms with E-state index < -0.39 is 24.2 Å². The summed E-state index contributed by atoms with van der Waals surface area (Å²) in [6.07, 6.45) is 1.58. The molecule has 0 radical (unpaired) electrons. The molecule has 0 aromatic heterocycles. The van der Waals surface area contributed by atoms with E-state index in [1.807, 2.05) is 0 Å². The number of carboxylic acids is 1. The number of hydrogen-bond donors (Lipinski definition) is 5. The fourth-order valence-electron chi connectivity index (χ4n) is 2.36. The largest absolute Gasteiger partial charge is 0.491 e. The number of methoxy groups -OCH3 is 1. The number of Topliss-reactive ketones (excluding diaryl/α,β-unsaturated/α-hetero) is 1. The van der Waals surface area contributed by atoms with Gasteiger partial charge < -0.3 is 31.1 Å². The summed E-state index contributed by atoms with van der Waals surface area (Å²) in [5, 5.41) is 31.0. The van der Waals surface area contributed by atoms with Crippen LogP contribution in [0.25, 0.3) is 0 Å². The maximum atomic E-state index is 11.9. The second-order valence-corrected chi connectivity index (χ2v) is 5.54. The van der Waals surface area contributed by atoms with Gasteiger partial charge in [-0.15, -0.1) is 0 Å². The van der Waals surface area contributed by atoms with Crippen LogP contribution in [-0.4, -0.2) is 59.0 Å². The molecule has 0 aromatic rings. The van der Waals surface area contributed by atoms with Gasteiger partial charge in [0.15, 0.2) is 5.76 Å². The lowest BCUT2D eigenvalue weighted by molar-refractivity contribution is -0.138. The van der Waals surface area contributed by atoms with Crippen LogP contribution in [0, 0.1) is 0 Å². The van der Waals surface area contributed by atoms with Crippen LogP contribution >= 0.6 is 0 Å². The Morgan fingerprint density at radius 1 is 1.45 bits per heavy atom. The highest BCUT2D eigenvalue weighted by atomic mass is 16.5. The van der Waals surface area contributed by atoms with Crippen molar-refractivity contribution < 1.29 is 29.6 Å². The van der Waals surface area contributed by atoms with Crippen molar-refractivity contribution >= 4 is 11.8 Å². The Balaban J connectivity index is 2.51. The molecule has 22 heavy (non-hydrogen) atoms. The number of aliphatic hydroxyl groups is 2. The number of aliphatic carboxylic acids is 1. The molecule has 2 atom stereocenters. The van der Waals surface area contributed by atoms with E-state index in [0.717, 1.165) is 0 Å². The first kappa shape index (κ1) is 18.4. The monoisotopic (exact) mass is 316 g/mol. The van der Waals surface area contributed by atoms with Crippen LogP contribution < -0.4 is 11.1 Å². The minimum atomic E-state index is -1.47. The van der Waals surface area contributed by atoms with Gasteiger partial charge in [-0.3, -0.25) is 9.59 Å². The van der Waals surface area contributed by atoms with Gasteiger partial charge in [0.25, 0.3) is 0 Å². The molecule has 8 heteroatoms. The highest BCUT2D eigenvalue weighted by Crippen LogP contribution is 2.29. The standard InChI is InChI=1S/C14H24N2O6/c1-22-12-10(6-14(21,8-17)7-11(12)18)16-5-3-2-4-9(15)13(19)20/h9,16-17,21H,2-8,15H2,1H3,(H,19,20)/t9-,14-/m0/s1. The van der Waals surface area contributed by atoms with Crippen molar-refractivity contribution in [3.8, 4) is 0 Å². The molecule has 0 spiro atoms. The Bertz CT molecular complexity index is 451. The van der Waals surface area contributed by atoms with Gasteiger partial charge >= 0.3 is 5.97 Å². The number of carboxylic acid groups (broad SMARTS) is 1. The minimum absolute atomic E-state index is 0.104. The zero-order valence-electron chi connectivity index (χ0n) is 12.7. The lowest BCUT2D eigenvalue weighted by Gasteiger charge is -2.32. The summed E-state index contributed by atoms with van der Waals surface area (Å²) in [6, 6.07) is -0.871. The Labute approximate surface area is 128 Å². The Morgan fingerprint density at radius 3 is 2.68 bits per heavy atom. The van der Waals surface area contributed by atoms with Gasteiger partial charge in [0.05, 0.1) is 19.4 Å². The first-order chi connectivity index (χ1) is 10.3. The molecule has 6 N–H and O–H groups in total. The third-order valence-electron chi connectivity index (χ3n) is 3.62. The zero-order chi connectivity index (χ0) is 16.8. The number of unbranched alkanes of at least 4 members (excludes halogenated alkanes) is 1. The highest BCUT2D eigenvalue weighted by Gasteiger charge is 2.38. The molecule has 8 nitrogen and oxygen atoms in total. The first-order valence-corrected chi connectivity index (χ1v) is 7.19. The van der Waals surface area contributed by atoms with Gasteiger partial charge in [-0.2, -0.15) is 0 Å². The number of ether oxygens (including phenoxy) is 1. The minimum Gasteiger partial charge on any atom is -0.491 e. The molecule has 0 unspecified atom stereocenters. The third kappa shape index (κ3) is 4.97. The van der Waals surface area contributed by atoms with Gasteiger partial charge in [0, 0.05) is 19.4 Å². The lowest BCUT2D eigenvalue weighted by atomic mass is 9.86. The van der Waals surface area contributed by atoms with Crippen molar-refractivity contribution in [2.24, 2.45) is 5.73 Å². The molecule has 1 rings (SSSR count). The van der Waals surface area contributed by atoms with E-state index in [-0.39, 0.29) is 24.4 Å². The molecule has 0 aromatic carbocycles. The zero-order valence-corrected chi connectivity index (χ0v) is 12.7. The molecule has 0 bridgehead atoms. The second-order valence-electron chi connectivity index (χ2n) is 5.54. The number of aliphatic hydroxyl groups excluding tert-OH is 1. The van der Waals surface area contributed by atoms with E-state index in [4.69, 9.17) is 15.6 Å². The maximum absolute atomic E-state index is 11.9. The molecular weight excluding hydrogens is 292 g/mol. The topological polar surface area (TPSA) is 142 Å². The van der Waals surface area contributed by atoms with E-state index in [1.165, 1.54) is 7.11 Å². The molecule has 0 aliphatic heterocycles. The summed E-state index contributed by atoms with van der Waals surface area (Å²) in [5.74, 6) is -1.22. The van der Waals surface area contributed by atoms with Crippen LogP contribution in [0.3, 0.4) is 0 Å². The Kier molecular flexibility index (Phi) is 6.79. The Hall–Kier alpha value is -1.64. The smallest absolute Gasteiger partial charge is 0.320 e. The van der Waals surface area contributed by atoms with Crippen LogP contribution in [0.5, 0.6) is 0 Å². The number of ketones is 1. The van der Waals surface area contributed by atoms with Crippen molar-refractivity contribution in [3.05, 3.63) is 11.5 Å². The second kappa shape index (κ2) is 8.11. The fourth-order valence-corrected chi connectivity index (χ4v) is 2.36. The number of nitrogens with one attached hydrogen (secondary N) is 1. The number of hydrogen-bond acceptors (Lipinski definition) is 7. The summed E-state index contributed by atoms with van der Waals surface area (Å²) in [7, 11) is 1.38. The number of carbonyl (C=O) groups is 2. The molecule has 126 valence electrons.